The van der Waals surface area contributed by atoms with Gasteiger partial charge in [-0.3, -0.25) is 4.79 Å². The van der Waals surface area contributed by atoms with E-state index in [2.05, 4.69) is 22.5 Å². The van der Waals surface area contributed by atoms with E-state index in [0.717, 1.165) is 13.0 Å². The Morgan fingerprint density at radius 1 is 1.31 bits per heavy atom. The summed E-state index contributed by atoms with van der Waals surface area (Å²) in [4.78, 5) is 13.5. The van der Waals surface area contributed by atoms with Gasteiger partial charge in [0.2, 0.25) is 5.91 Å². The molecule has 1 atom stereocenters. The molecular formula is C12H23N3O. The van der Waals surface area contributed by atoms with Gasteiger partial charge >= 0.3 is 0 Å². The fourth-order valence-electron chi connectivity index (χ4n) is 2.62. The first-order valence-corrected chi connectivity index (χ1v) is 6.53. The third-order valence-electron chi connectivity index (χ3n) is 3.77. The van der Waals surface area contributed by atoms with Gasteiger partial charge in [-0.05, 0) is 38.9 Å². The number of hydrogen-bond acceptors (Lipinski definition) is 3. The van der Waals surface area contributed by atoms with Gasteiger partial charge < -0.3 is 15.5 Å². The van der Waals surface area contributed by atoms with E-state index < -0.39 is 0 Å². The number of carbonyl (C=O) groups is 1. The van der Waals surface area contributed by atoms with Crippen LogP contribution in [0.3, 0.4) is 0 Å². The van der Waals surface area contributed by atoms with Gasteiger partial charge in [0.15, 0.2) is 0 Å². The molecule has 1 unspecified atom stereocenters. The van der Waals surface area contributed by atoms with Crippen LogP contribution in [0.2, 0.25) is 0 Å². The summed E-state index contributed by atoms with van der Waals surface area (Å²) in [6.45, 7) is 6.64. The standard InChI is InChI=1S/C12H23N3O/c1-2-15-7-5-10(6-8-15)14-11-3-4-12(16)13-9-11/h10-11,14H,2-9H2,1H3,(H,13,16). The van der Waals surface area contributed by atoms with Crippen molar-refractivity contribution < 1.29 is 4.79 Å². The Bertz CT molecular complexity index is 226. The molecule has 0 radical (unpaired) electrons. The number of carbonyl (C=O) groups excluding carboxylic acids is 1. The van der Waals surface area contributed by atoms with Crippen LogP contribution in [0.1, 0.15) is 32.6 Å². The predicted octanol–water partition coefficient (Wildman–Crippen LogP) is 0.339. The first kappa shape index (κ1) is 11.9. The lowest BCUT2D eigenvalue weighted by Crippen LogP contribution is -2.52. The highest BCUT2D eigenvalue weighted by molar-refractivity contribution is 5.76. The lowest BCUT2D eigenvalue weighted by Gasteiger charge is -2.35. The van der Waals surface area contributed by atoms with E-state index in [4.69, 9.17) is 0 Å². The third-order valence-corrected chi connectivity index (χ3v) is 3.77. The van der Waals surface area contributed by atoms with Gasteiger partial charge in [-0.25, -0.2) is 0 Å². The molecule has 92 valence electrons. The van der Waals surface area contributed by atoms with E-state index in [9.17, 15) is 4.79 Å². The number of nitrogens with zero attached hydrogens (tertiary/aromatic N) is 1. The zero-order valence-electron chi connectivity index (χ0n) is 10.2. The maximum absolute atomic E-state index is 11.0. The molecule has 16 heavy (non-hydrogen) atoms. The van der Waals surface area contributed by atoms with Crippen LogP contribution in [0.15, 0.2) is 0 Å². The van der Waals surface area contributed by atoms with Crippen molar-refractivity contribution in [1.82, 2.24) is 15.5 Å². The summed E-state index contributed by atoms with van der Waals surface area (Å²) in [5, 5.41) is 6.61. The second-order valence-corrected chi connectivity index (χ2v) is 4.91. The number of amides is 1. The van der Waals surface area contributed by atoms with Crippen LogP contribution in [0, 0.1) is 0 Å². The molecular weight excluding hydrogens is 202 g/mol. The van der Waals surface area contributed by atoms with Crippen molar-refractivity contribution in [3.05, 3.63) is 0 Å². The average molecular weight is 225 g/mol. The minimum absolute atomic E-state index is 0.207. The molecule has 1 amide bonds. The molecule has 0 bridgehead atoms. The summed E-state index contributed by atoms with van der Waals surface area (Å²) < 4.78 is 0. The van der Waals surface area contributed by atoms with Crippen LogP contribution in [0.5, 0.6) is 0 Å². The SMILES string of the molecule is CCN1CCC(NC2CCC(=O)NC2)CC1. The molecule has 0 aliphatic carbocycles. The van der Waals surface area contributed by atoms with E-state index in [1.165, 1.54) is 32.5 Å². The average Bonchev–Trinajstić information content (AvgIpc) is 2.33. The van der Waals surface area contributed by atoms with Crippen LogP contribution in [0.4, 0.5) is 0 Å². The fraction of sp³-hybridized carbons (Fsp3) is 0.917. The number of nitrogens with one attached hydrogen (secondary N) is 2. The van der Waals surface area contributed by atoms with E-state index in [-0.39, 0.29) is 5.91 Å². The summed E-state index contributed by atoms with van der Waals surface area (Å²) in [7, 11) is 0. The maximum Gasteiger partial charge on any atom is 0.220 e. The first-order chi connectivity index (χ1) is 7.78. The lowest BCUT2D eigenvalue weighted by molar-refractivity contribution is -0.122. The summed E-state index contributed by atoms with van der Waals surface area (Å²) in [5.74, 6) is 0.207. The Labute approximate surface area is 97.8 Å². The van der Waals surface area contributed by atoms with Crippen molar-refractivity contribution >= 4 is 5.91 Å². The highest BCUT2D eigenvalue weighted by Gasteiger charge is 2.23. The highest BCUT2D eigenvalue weighted by atomic mass is 16.1. The second kappa shape index (κ2) is 5.64. The zero-order chi connectivity index (χ0) is 11.4. The molecule has 0 saturated carbocycles. The van der Waals surface area contributed by atoms with Crippen LogP contribution in [-0.4, -0.2) is 49.1 Å². The molecule has 2 fully saturated rings. The minimum Gasteiger partial charge on any atom is -0.355 e. The van der Waals surface area contributed by atoms with Gasteiger partial charge in [-0.15, -0.1) is 0 Å². The van der Waals surface area contributed by atoms with Gasteiger partial charge in [0.1, 0.15) is 0 Å². The molecule has 0 spiro atoms. The van der Waals surface area contributed by atoms with Crippen LogP contribution in [0.25, 0.3) is 0 Å². The molecule has 0 aromatic rings. The first-order valence-electron chi connectivity index (χ1n) is 6.53. The molecule has 2 aliphatic heterocycles. The summed E-state index contributed by atoms with van der Waals surface area (Å²) >= 11 is 0. The predicted molar refractivity (Wildman–Crippen MR) is 64.3 cm³/mol. The number of hydrogen-bond donors (Lipinski definition) is 2. The molecule has 4 heteroatoms. The summed E-state index contributed by atoms with van der Waals surface area (Å²) in [5.41, 5.74) is 0. The fourth-order valence-corrected chi connectivity index (χ4v) is 2.62. The zero-order valence-corrected chi connectivity index (χ0v) is 10.2. The Hall–Kier alpha value is -0.610. The lowest BCUT2D eigenvalue weighted by atomic mass is 10.0. The number of piperidine rings is 2. The molecule has 4 nitrogen and oxygen atoms in total. The Morgan fingerprint density at radius 3 is 2.62 bits per heavy atom. The van der Waals surface area contributed by atoms with E-state index in [1.807, 2.05) is 0 Å². The Balaban J connectivity index is 1.68. The quantitative estimate of drug-likeness (QED) is 0.728. The molecule has 2 N–H and O–H groups in total. The van der Waals surface area contributed by atoms with Gasteiger partial charge in [-0.1, -0.05) is 6.92 Å². The van der Waals surface area contributed by atoms with Crippen molar-refractivity contribution in [1.29, 1.82) is 0 Å². The number of likely N-dealkylation sites (tertiary alicyclic amines) is 1. The molecule has 2 saturated heterocycles. The molecule has 2 rings (SSSR count). The second-order valence-electron chi connectivity index (χ2n) is 4.91. The maximum atomic E-state index is 11.0. The van der Waals surface area contributed by atoms with Gasteiger partial charge in [0, 0.05) is 25.0 Å². The van der Waals surface area contributed by atoms with Gasteiger partial charge in [0.05, 0.1) is 0 Å². The van der Waals surface area contributed by atoms with Gasteiger partial charge in [-0.2, -0.15) is 0 Å². The van der Waals surface area contributed by atoms with Crippen LogP contribution < -0.4 is 10.6 Å². The normalized spacial score (nSPS) is 29.1. The van der Waals surface area contributed by atoms with E-state index >= 15 is 0 Å². The Kier molecular flexibility index (Phi) is 4.18. The number of rotatable bonds is 3. The molecule has 2 aliphatic rings. The van der Waals surface area contributed by atoms with Crippen molar-refractivity contribution in [2.75, 3.05) is 26.2 Å². The van der Waals surface area contributed by atoms with Crippen LogP contribution in [-0.2, 0) is 4.79 Å². The molecule has 0 aromatic heterocycles. The minimum atomic E-state index is 0.207. The molecule has 0 aromatic carbocycles. The van der Waals surface area contributed by atoms with Crippen molar-refractivity contribution in [3.8, 4) is 0 Å². The van der Waals surface area contributed by atoms with Crippen molar-refractivity contribution in [2.24, 2.45) is 0 Å². The monoisotopic (exact) mass is 225 g/mol. The largest absolute Gasteiger partial charge is 0.355 e. The van der Waals surface area contributed by atoms with E-state index in [1.54, 1.807) is 0 Å². The van der Waals surface area contributed by atoms with Gasteiger partial charge in [0.25, 0.3) is 0 Å². The third kappa shape index (κ3) is 3.19. The summed E-state index contributed by atoms with van der Waals surface area (Å²) in [6, 6.07) is 1.15. The summed E-state index contributed by atoms with van der Waals surface area (Å²) in [6.07, 6.45) is 4.18. The topological polar surface area (TPSA) is 44.4 Å². The van der Waals surface area contributed by atoms with Crippen LogP contribution >= 0.6 is 0 Å². The van der Waals surface area contributed by atoms with Crippen molar-refractivity contribution in [3.63, 3.8) is 0 Å². The van der Waals surface area contributed by atoms with Crippen molar-refractivity contribution in [2.45, 2.75) is 44.7 Å². The Morgan fingerprint density at radius 2 is 2.06 bits per heavy atom. The highest BCUT2D eigenvalue weighted by Crippen LogP contribution is 2.12. The molecule has 2 heterocycles. The van der Waals surface area contributed by atoms with E-state index in [0.29, 0.717) is 18.5 Å². The smallest absolute Gasteiger partial charge is 0.220 e.